The van der Waals surface area contributed by atoms with Crippen LogP contribution in [-0.2, 0) is 0 Å². The van der Waals surface area contributed by atoms with Crippen molar-refractivity contribution in [3.05, 3.63) is 58.6 Å². The lowest BCUT2D eigenvalue weighted by Gasteiger charge is -2.25. The maximum absolute atomic E-state index is 10.9. The van der Waals surface area contributed by atoms with Crippen LogP contribution >= 0.6 is 0 Å². The zero-order chi connectivity index (χ0) is 19.8. The highest BCUT2D eigenvalue weighted by molar-refractivity contribution is 6.09. The Bertz CT molecular complexity index is 1080. The molecule has 0 saturated carbocycles. The molecule has 3 N–H and O–H groups in total. The Balaban J connectivity index is 0.00000280. The second kappa shape index (κ2) is 7.79. The number of fused-ring (bicyclic) bond motifs is 1. The third-order valence-electron chi connectivity index (χ3n) is 4.15. The number of halogens is 1. The van der Waals surface area contributed by atoms with Crippen LogP contribution in [0.25, 0.3) is 10.8 Å². The van der Waals surface area contributed by atoms with Crippen molar-refractivity contribution in [1.82, 2.24) is 4.48 Å². The molecule has 0 amide bonds. The van der Waals surface area contributed by atoms with Crippen molar-refractivity contribution in [3.63, 3.8) is 0 Å². The molecule has 9 heteroatoms. The number of hydrogen-bond acceptors (Lipinski definition) is 6. The summed E-state index contributed by atoms with van der Waals surface area (Å²) in [7, 11) is 5.99. The topological polar surface area (TPSA) is 114 Å². The van der Waals surface area contributed by atoms with Gasteiger partial charge in [-0.1, -0.05) is 18.2 Å². The minimum atomic E-state index is -0.496. The third-order valence-corrected chi connectivity index (χ3v) is 4.15. The molecule has 0 bridgehead atoms. The molecule has 3 rings (SSSR count). The van der Waals surface area contributed by atoms with Crippen LogP contribution < -0.4 is 22.6 Å². The highest BCUT2D eigenvalue weighted by Crippen LogP contribution is 2.44. The Morgan fingerprint density at radius 2 is 1.75 bits per heavy atom. The number of benzene rings is 3. The molecule has 8 nitrogen and oxygen atoms in total. The van der Waals surface area contributed by atoms with E-state index in [1.54, 1.807) is 6.07 Å². The van der Waals surface area contributed by atoms with Crippen molar-refractivity contribution < 1.29 is 22.4 Å². The lowest BCUT2D eigenvalue weighted by molar-refractivity contribution is -0.384. The second-order valence-corrected chi connectivity index (χ2v) is 7.02. The van der Waals surface area contributed by atoms with Gasteiger partial charge in [-0.05, 0) is 12.1 Å². The molecule has 0 spiro atoms. The van der Waals surface area contributed by atoms with Crippen LogP contribution in [0, 0.1) is 10.1 Å². The van der Waals surface area contributed by atoms with E-state index in [1.165, 1.54) is 24.3 Å². The van der Waals surface area contributed by atoms with Gasteiger partial charge in [0.05, 0.1) is 37.1 Å². The maximum atomic E-state index is 10.9. The summed E-state index contributed by atoms with van der Waals surface area (Å²) in [4.78, 5) is 10.4. The normalized spacial score (nSPS) is 11.5. The van der Waals surface area contributed by atoms with E-state index in [0.717, 1.165) is 11.1 Å². The first-order valence-electron chi connectivity index (χ1n) is 8.21. The van der Waals surface area contributed by atoms with E-state index in [-0.39, 0.29) is 29.5 Å². The summed E-state index contributed by atoms with van der Waals surface area (Å²) >= 11 is 0. The van der Waals surface area contributed by atoms with Crippen LogP contribution in [0.3, 0.4) is 0 Å². The molecule has 0 unspecified atom stereocenters. The molecule has 0 fully saturated rings. The zero-order valence-electron chi connectivity index (χ0n) is 15.6. The minimum Gasteiger partial charge on any atom is -1.00 e. The molecular formula is C19H20ClN5O3. The number of rotatable bonds is 4. The highest BCUT2D eigenvalue weighted by atomic mass is 35.5. The molecule has 146 valence electrons. The minimum absolute atomic E-state index is 0. The SMILES string of the molecule is C[N+](C)(C)c1cccc2c(N)cc(O)c(N=Nc3cccc([N+](=O)[O-])c3)c12.[Cl-]. The Morgan fingerprint density at radius 3 is 2.39 bits per heavy atom. The number of non-ortho nitro benzene ring substituents is 1. The molecule has 0 saturated heterocycles. The Labute approximate surface area is 168 Å². The van der Waals surface area contributed by atoms with Gasteiger partial charge in [-0.25, -0.2) is 0 Å². The van der Waals surface area contributed by atoms with Gasteiger partial charge in [0.25, 0.3) is 5.69 Å². The quantitative estimate of drug-likeness (QED) is 0.227. The predicted molar refractivity (Wildman–Crippen MR) is 107 cm³/mol. The van der Waals surface area contributed by atoms with Gasteiger partial charge in [-0.2, -0.15) is 5.11 Å². The maximum Gasteiger partial charge on any atom is 0.271 e. The van der Waals surface area contributed by atoms with Gasteiger partial charge in [-0.3, -0.25) is 14.6 Å². The summed E-state index contributed by atoms with van der Waals surface area (Å²) in [6, 6.07) is 13.0. The van der Waals surface area contributed by atoms with Crippen molar-refractivity contribution in [2.75, 3.05) is 26.9 Å². The summed E-state index contributed by atoms with van der Waals surface area (Å²) in [6.45, 7) is 0. The fourth-order valence-electron chi connectivity index (χ4n) is 2.89. The van der Waals surface area contributed by atoms with E-state index in [0.29, 0.717) is 21.2 Å². The molecule has 28 heavy (non-hydrogen) atoms. The first-order valence-corrected chi connectivity index (χ1v) is 8.21. The van der Waals surface area contributed by atoms with E-state index < -0.39 is 4.92 Å². The predicted octanol–water partition coefficient (Wildman–Crippen LogP) is 1.65. The number of nitro benzene ring substituents is 1. The molecule has 0 aliphatic rings. The van der Waals surface area contributed by atoms with Crippen LogP contribution in [0.4, 0.5) is 28.4 Å². The van der Waals surface area contributed by atoms with Crippen LogP contribution in [0.2, 0.25) is 0 Å². The number of aromatic hydroxyl groups is 1. The van der Waals surface area contributed by atoms with Crippen molar-refractivity contribution in [1.29, 1.82) is 0 Å². The average Bonchev–Trinajstić information content (AvgIpc) is 2.60. The summed E-state index contributed by atoms with van der Waals surface area (Å²) in [5, 5.41) is 31.1. The zero-order valence-corrected chi connectivity index (χ0v) is 16.4. The second-order valence-electron chi connectivity index (χ2n) is 7.02. The number of phenolic OH excluding ortho intramolecular Hbond substituents is 1. The number of azo groups is 1. The molecule has 0 aromatic heterocycles. The molecule has 3 aromatic rings. The van der Waals surface area contributed by atoms with Gasteiger partial charge in [-0.15, -0.1) is 5.11 Å². The van der Waals surface area contributed by atoms with Gasteiger partial charge in [0.2, 0.25) is 0 Å². The van der Waals surface area contributed by atoms with Crippen molar-refractivity contribution in [2.45, 2.75) is 0 Å². The third kappa shape index (κ3) is 4.03. The van der Waals surface area contributed by atoms with Crippen LogP contribution in [0.15, 0.2) is 58.8 Å². The Kier molecular flexibility index (Phi) is 5.86. The van der Waals surface area contributed by atoms with Crippen molar-refractivity contribution >= 4 is 39.2 Å². The first kappa shape index (κ1) is 21.1. The van der Waals surface area contributed by atoms with Crippen LogP contribution in [-0.4, -0.2) is 31.2 Å². The van der Waals surface area contributed by atoms with E-state index in [4.69, 9.17) is 5.73 Å². The summed E-state index contributed by atoms with van der Waals surface area (Å²) in [5.74, 6) is -0.102. The standard InChI is InChI=1S/C19H19N5O3.ClH/c1-24(2,3)16-9-5-8-14-15(20)11-17(25)19(18(14)16)22-21-12-6-4-7-13(10-12)23(26)27;/h4-11H,1-3H3,(H2-,20,21,25);1H. The molecule has 0 radical (unpaired) electrons. The van der Waals surface area contributed by atoms with Crippen LogP contribution in [0.1, 0.15) is 0 Å². The number of anilines is 1. The molecule has 0 aliphatic heterocycles. The Morgan fingerprint density at radius 1 is 1.07 bits per heavy atom. The smallest absolute Gasteiger partial charge is 0.271 e. The lowest BCUT2D eigenvalue weighted by Crippen LogP contribution is -3.00. The fourth-order valence-corrected chi connectivity index (χ4v) is 2.89. The first-order chi connectivity index (χ1) is 12.7. The Hall–Kier alpha value is -3.23. The van der Waals surface area contributed by atoms with Crippen molar-refractivity contribution in [3.8, 4) is 5.75 Å². The van der Waals surface area contributed by atoms with E-state index in [2.05, 4.69) is 10.2 Å². The lowest BCUT2D eigenvalue weighted by atomic mass is 10.0. The van der Waals surface area contributed by atoms with E-state index in [9.17, 15) is 15.2 Å². The van der Waals surface area contributed by atoms with E-state index in [1.807, 2.05) is 39.3 Å². The van der Waals surface area contributed by atoms with Gasteiger partial charge >= 0.3 is 0 Å². The largest absolute Gasteiger partial charge is 1.00 e. The number of hydrogen-bond donors (Lipinski definition) is 2. The van der Waals surface area contributed by atoms with Gasteiger partial charge in [0, 0.05) is 29.3 Å². The van der Waals surface area contributed by atoms with Gasteiger partial charge < -0.3 is 23.2 Å². The summed E-state index contributed by atoms with van der Waals surface area (Å²) < 4.78 is 0.486. The number of nitro groups is 1. The monoisotopic (exact) mass is 401 g/mol. The average molecular weight is 402 g/mol. The number of quaternary nitrogens is 1. The molecule has 3 aromatic carbocycles. The summed E-state index contributed by atoms with van der Waals surface area (Å²) in [6.07, 6.45) is 0. The molecule has 0 aliphatic carbocycles. The fraction of sp³-hybridized carbons (Fsp3) is 0.158. The number of nitrogen functional groups attached to an aromatic ring is 1. The van der Waals surface area contributed by atoms with Gasteiger partial charge in [0.1, 0.15) is 17.1 Å². The number of nitrogens with two attached hydrogens (primary N) is 1. The molecular weight excluding hydrogens is 382 g/mol. The molecule has 0 atom stereocenters. The number of nitrogens with zero attached hydrogens (tertiary/aromatic N) is 4. The van der Waals surface area contributed by atoms with E-state index >= 15 is 0 Å². The van der Waals surface area contributed by atoms with Gasteiger partial charge in [0.15, 0.2) is 0 Å². The highest BCUT2D eigenvalue weighted by Gasteiger charge is 2.22. The molecule has 0 heterocycles. The summed E-state index contributed by atoms with van der Waals surface area (Å²) in [5.41, 5.74) is 7.94. The van der Waals surface area contributed by atoms with Crippen LogP contribution in [0.5, 0.6) is 5.75 Å². The number of phenols is 1. The van der Waals surface area contributed by atoms with Crippen molar-refractivity contribution in [2.24, 2.45) is 10.2 Å².